The van der Waals surface area contributed by atoms with Gasteiger partial charge < -0.3 is 15.4 Å². The Hall–Kier alpha value is -4.99. The van der Waals surface area contributed by atoms with E-state index in [2.05, 4.69) is 15.6 Å². The van der Waals surface area contributed by atoms with Crippen molar-refractivity contribution in [1.82, 2.24) is 14.8 Å². The monoisotopic (exact) mass is 482 g/mol. The van der Waals surface area contributed by atoms with Gasteiger partial charge in [0.1, 0.15) is 11.8 Å². The minimum absolute atomic E-state index is 0.0191. The van der Waals surface area contributed by atoms with E-state index in [0.717, 1.165) is 5.56 Å². The molecule has 4 aromatic rings. The van der Waals surface area contributed by atoms with Crippen molar-refractivity contribution < 1.29 is 14.5 Å². The first-order valence-corrected chi connectivity index (χ1v) is 11.1. The maximum absolute atomic E-state index is 13.5. The van der Waals surface area contributed by atoms with Gasteiger partial charge in [0.25, 0.3) is 11.6 Å². The second-order valence-corrected chi connectivity index (χ2v) is 8.17. The summed E-state index contributed by atoms with van der Waals surface area (Å²) in [6.45, 7) is 1.82. The summed E-state index contributed by atoms with van der Waals surface area (Å²) in [4.78, 5) is 28.7. The van der Waals surface area contributed by atoms with Gasteiger partial charge in [0.05, 0.1) is 17.6 Å². The van der Waals surface area contributed by atoms with Gasteiger partial charge in [-0.15, -0.1) is 5.10 Å². The van der Waals surface area contributed by atoms with Crippen LogP contribution in [0.15, 0.2) is 90.1 Å². The summed E-state index contributed by atoms with van der Waals surface area (Å²) in [6, 6.07) is 22.1. The van der Waals surface area contributed by atoms with Crippen molar-refractivity contribution in [3.05, 3.63) is 106 Å². The van der Waals surface area contributed by atoms with Crippen molar-refractivity contribution in [1.29, 1.82) is 0 Å². The predicted octanol–water partition coefficient (Wildman–Crippen LogP) is 4.79. The highest BCUT2D eigenvalue weighted by Gasteiger charge is 2.34. The maximum Gasteiger partial charge on any atom is 0.269 e. The number of benzene rings is 3. The number of fused-ring (bicyclic) bond motifs is 1. The van der Waals surface area contributed by atoms with Crippen LogP contribution in [-0.2, 0) is 4.79 Å². The van der Waals surface area contributed by atoms with Crippen LogP contribution in [0.25, 0.3) is 11.4 Å². The molecule has 2 N–H and O–H groups in total. The zero-order chi connectivity index (χ0) is 25.2. The van der Waals surface area contributed by atoms with E-state index in [-0.39, 0.29) is 11.6 Å². The molecule has 180 valence electrons. The number of para-hydroxylation sites is 1. The third-order valence-corrected chi connectivity index (χ3v) is 5.90. The fourth-order valence-electron chi connectivity index (χ4n) is 4.11. The molecular weight excluding hydrogens is 460 g/mol. The van der Waals surface area contributed by atoms with Crippen molar-refractivity contribution in [3.8, 4) is 17.1 Å². The van der Waals surface area contributed by atoms with Crippen molar-refractivity contribution in [3.63, 3.8) is 0 Å². The lowest BCUT2D eigenvalue weighted by atomic mass is 9.95. The standard InChI is InChI=1S/C26H22N6O4/c1-16-22(25(33)28-19-6-4-3-5-7-19)23(17-10-14-21(36-2)15-11-17)31-26(27-16)29-24(30-31)18-8-12-20(13-9-18)32(34)35/h3-15,23H,1-2H3,(H,28,33)(H,27,29,30). The molecule has 1 aromatic heterocycles. The van der Waals surface area contributed by atoms with E-state index < -0.39 is 11.0 Å². The van der Waals surface area contributed by atoms with E-state index >= 15 is 0 Å². The predicted molar refractivity (Wildman–Crippen MR) is 135 cm³/mol. The number of hydrogen-bond acceptors (Lipinski definition) is 7. The molecule has 10 nitrogen and oxygen atoms in total. The Morgan fingerprint density at radius 1 is 1.06 bits per heavy atom. The number of amides is 1. The molecule has 10 heteroatoms. The fourth-order valence-corrected chi connectivity index (χ4v) is 4.11. The smallest absolute Gasteiger partial charge is 0.269 e. The quantitative estimate of drug-likeness (QED) is 0.299. The number of anilines is 2. The van der Waals surface area contributed by atoms with Crippen LogP contribution in [0.2, 0.25) is 0 Å². The Balaban J connectivity index is 1.58. The van der Waals surface area contributed by atoms with Gasteiger partial charge >= 0.3 is 0 Å². The summed E-state index contributed by atoms with van der Waals surface area (Å²) < 4.78 is 6.96. The van der Waals surface area contributed by atoms with Gasteiger partial charge in [-0.25, -0.2) is 4.68 Å². The first kappa shape index (κ1) is 22.8. The van der Waals surface area contributed by atoms with Crippen molar-refractivity contribution in [2.75, 3.05) is 17.7 Å². The molecule has 1 aliphatic heterocycles. The first-order valence-electron chi connectivity index (χ1n) is 11.1. The average molecular weight is 483 g/mol. The number of hydrogen-bond donors (Lipinski definition) is 2. The van der Waals surface area contributed by atoms with Gasteiger partial charge in [-0.05, 0) is 48.9 Å². The first-order chi connectivity index (χ1) is 17.4. The van der Waals surface area contributed by atoms with Crippen LogP contribution in [0.1, 0.15) is 18.5 Å². The lowest BCUT2D eigenvalue weighted by molar-refractivity contribution is -0.384. The Morgan fingerprint density at radius 3 is 2.39 bits per heavy atom. The van der Waals surface area contributed by atoms with Crippen molar-refractivity contribution in [2.24, 2.45) is 0 Å². The topological polar surface area (TPSA) is 124 Å². The van der Waals surface area contributed by atoms with Crippen LogP contribution >= 0.6 is 0 Å². The minimum atomic E-state index is -0.574. The zero-order valence-electron chi connectivity index (χ0n) is 19.5. The van der Waals surface area contributed by atoms with Gasteiger partial charge in [0.15, 0.2) is 5.82 Å². The molecule has 1 atom stereocenters. The SMILES string of the molecule is COc1ccc(C2C(C(=O)Nc3ccccc3)=C(C)Nc3nc(-c4ccc([N+](=O)[O-])cc4)nn32)cc1. The molecule has 0 aliphatic carbocycles. The summed E-state index contributed by atoms with van der Waals surface area (Å²) in [6.07, 6.45) is 0. The van der Waals surface area contributed by atoms with Gasteiger partial charge in [-0.3, -0.25) is 14.9 Å². The molecule has 0 bridgehead atoms. The molecular formula is C26H22N6O4. The van der Waals surface area contributed by atoms with Gasteiger partial charge in [-0.2, -0.15) is 4.98 Å². The number of methoxy groups -OCH3 is 1. The summed E-state index contributed by atoms with van der Waals surface area (Å²) in [5, 5.41) is 21.9. The van der Waals surface area contributed by atoms with E-state index in [9.17, 15) is 14.9 Å². The number of rotatable bonds is 6. The Bertz CT molecular complexity index is 1460. The molecule has 0 fully saturated rings. The molecule has 0 saturated carbocycles. The van der Waals surface area contributed by atoms with Crippen LogP contribution in [0, 0.1) is 10.1 Å². The molecule has 0 spiro atoms. The van der Waals surface area contributed by atoms with E-state index in [1.807, 2.05) is 61.5 Å². The normalized spacial score (nSPS) is 14.6. The van der Waals surface area contributed by atoms with Gasteiger partial charge in [0, 0.05) is 29.1 Å². The number of allylic oxidation sites excluding steroid dienone is 1. The van der Waals surface area contributed by atoms with E-state index in [1.54, 1.807) is 23.9 Å². The number of carbonyl (C=O) groups is 1. The number of aromatic nitrogens is 3. The van der Waals surface area contributed by atoms with E-state index in [1.165, 1.54) is 12.1 Å². The van der Waals surface area contributed by atoms with Gasteiger partial charge in [0.2, 0.25) is 5.95 Å². The summed E-state index contributed by atoms with van der Waals surface area (Å²) in [5.74, 6) is 1.25. The molecule has 36 heavy (non-hydrogen) atoms. The molecule has 3 aromatic carbocycles. The zero-order valence-corrected chi connectivity index (χ0v) is 19.5. The van der Waals surface area contributed by atoms with E-state index in [0.29, 0.717) is 40.0 Å². The number of carbonyl (C=O) groups excluding carboxylic acids is 1. The van der Waals surface area contributed by atoms with E-state index in [4.69, 9.17) is 9.84 Å². The van der Waals surface area contributed by atoms with Crippen LogP contribution in [-0.4, -0.2) is 32.7 Å². The minimum Gasteiger partial charge on any atom is -0.497 e. The lowest BCUT2D eigenvalue weighted by Crippen LogP contribution is -2.31. The Labute approximate surface area is 206 Å². The third kappa shape index (κ3) is 4.27. The summed E-state index contributed by atoms with van der Waals surface area (Å²) in [5.41, 5.74) is 3.21. The van der Waals surface area contributed by atoms with Crippen molar-refractivity contribution in [2.45, 2.75) is 13.0 Å². The lowest BCUT2D eigenvalue weighted by Gasteiger charge is -2.28. The summed E-state index contributed by atoms with van der Waals surface area (Å²) in [7, 11) is 1.59. The number of nitrogens with one attached hydrogen (secondary N) is 2. The molecule has 1 aliphatic rings. The van der Waals surface area contributed by atoms with Crippen LogP contribution < -0.4 is 15.4 Å². The highest BCUT2D eigenvalue weighted by Crippen LogP contribution is 2.37. The molecule has 0 saturated heterocycles. The Kier molecular flexibility index (Phi) is 5.91. The number of nitrogens with zero attached hydrogens (tertiary/aromatic N) is 4. The molecule has 1 unspecified atom stereocenters. The number of ether oxygens (including phenoxy) is 1. The van der Waals surface area contributed by atoms with Crippen LogP contribution in [0.5, 0.6) is 5.75 Å². The highest BCUT2D eigenvalue weighted by molar-refractivity contribution is 6.06. The molecule has 2 heterocycles. The van der Waals surface area contributed by atoms with Crippen molar-refractivity contribution >= 4 is 23.2 Å². The largest absolute Gasteiger partial charge is 0.497 e. The fraction of sp³-hybridized carbons (Fsp3) is 0.115. The average Bonchev–Trinajstić information content (AvgIpc) is 3.32. The summed E-state index contributed by atoms with van der Waals surface area (Å²) >= 11 is 0. The van der Waals surface area contributed by atoms with Gasteiger partial charge in [-0.1, -0.05) is 30.3 Å². The highest BCUT2D eigenvalue weighted by atomic mass is 16.6. The van der Waals surface area contributed by atoms with Crippen LogP contribution in [0.3, 0.4) is 0 Å². The second kappa shape index (κ2) is 9.34. The third-order valence-electron chi connectivity index (χ3n) is 5.90. The molecule has 1 amide bonds. The maximum atomic E-state index is 13.5. The molecule has 5 rings (SSSR count). The number of nitro groups is 1. The molecule has 0 radical (unpaired) electrons. The Morgan fingerprint density at radius 2 is 1.75 bits per heavy atom. The number of nitro benzene ring substituents is 1. The number of non-ortho nitro benzene ring substituents is 1. The van der Waals surface area contributed by atoms with Crippen LogP contribution in [0.4, 0.5) is 17.3 Å². The second-order valence-electron chi connectivity index (χ2n) is 8.17.